The lowest BCUT2D eigenvalue weighted by Gasteiger charge is -2.24. The summed E-state index contributed by atoms with van der Waals surface area (Å²) in [4.78, 5) is 42.5. The van der Waals surface area contributed by atoms with Crippen LogP contribution < -0.4 is 0 Å². The molecule has 0 radical (unpaired) electrons. The first kappa shape index (κ1) is 19.4. The molecule has 2 amide bonds. The number of rotatable bonds is 5. The van der Waals surface area contributed by atoms with Gasteiger partial charge in [-0.15, -0.1) is 0 Å². The molecular weight excluding hydrogens is 350 g/mol. The maximum absolute atomic E-state index is 12.9. The van der Waals surface area contributed by atoms with Gasteiger partial charge in [-0.3, -0.25) is 19.3 Å². The highest BCUT2D eigenvalue weighted by Crippen LogP contribution is 2.17. The molecule has 27 heavy (non-hydrogen) atoms. The number of furan rings is 1. The number of ether oxygens (including phenoxy) is 1. The van der Waals surface area contributed by atoms with Crippen molar-refractivity contribution in [3.05, 3.63) is 23.7 Å². The van der Waals surface area contributed by atoms with Gasteiger partial charge in [0.1, 0.15) is 12.2 Å². The van der Waals surface area contributed by atoms with Crippen molar-refractivity contribution < 1.29 is 23.5 Å². The van der Waals surface area contributed by atoms with Crippen LogP contribution in [0.4, 0.5) is 0 Å². The average molecular weight is 377 g/mol. The minimum absolute atomic E-state index is 0.0606. The standard InChI is InChI=1S/C19H27N3O5/c1-26-18(24)13-16-15(5-12-27-16)19(25)22-9-4-6-20(10-11-22)14-17(23)21-7-2-3-8-21/h5,12H,2-4,6-11,13-14H2,1H3. The summed E-state index contributed by atoms with van der Waals surface area (Å²) < 4.78 is 9.95. The number of likely N-dealkylation sites (tertiary alicyclic amines) is 1. The van der Waals surface area contributed by atoms with Crippen LogP contribution in [-0.4, -0.2) is 85.4 Å². The molecule has 0 aliphatic carbocycles. The predicted molar refractivity (Wildman–Crippen MR) is 97.2 cm³/mol. The zero-order valence-corrected chi connectivity index (χ0v) is 15.8. The fourth-order valence-electron chi connectivity index (χ4n) is 3.63. The van der Waals surface area contributed by atoms with Crippen molar-refractivity contribution in [2.45, 2.75) is 25.7 Å². The Labute approximate surface area is 159 Å². The van der Waals surface area contributed by atoms with Crippen LogP contribution in [0.2, 0.25) is 0 Å². The van der Waals surface area contributed by atoms with E-state index in [1.54, 1.807) is 11.0 Å². The van der Waals surface area contributed by atoms with Gasteiger partial charge in [-0.2, -0.15) is 0 Å². The summed E-state index contributed by atoms with van der Waals surface area (Å²) in [6, 6.07) is 1.60. The average Bonchev–Trinajstić information content (AvgIpc) is 3.30. The highest BCUT2D eigenvalue weighted by atomic mass is 16.5. The van der Waals surface area contributed by atoms with E-state index >= 15 is 0 Å². The summed E-state index contributed by atoms with van der Waals surface area (Å²) in [5.74, 6) is -0.0727. The second-order valence-electron chi connectivity index (χ2n) is 7.02. The number of hydrogen-bond donors (Lipinski definition) is 0. The number of esters is 1. The van der Waals surface area contributed by atoms with Gasteiger partial charge in [-0.1, -0.05) is 0 Å². The molecule has 2 aliphatic heterocycles. The molecule has 0 bridgehead atoms. The molecule has 8 heteroatoms. The van der Waals surface area contributed by atoms with Crippen LogP contribution in [-0.2, 0) is 20.7 Å². The lowest BCUT2D eigenvalue weighted by atomic mass is 10.1. The molecule has 8 nitrogen and oxygen atoms in total. The van der Waals surface area contributed by atoms with Crippen LogP contribution in [0.5, 0.6) is 0 Å². The number of amides is 2. The molecule has 0 unspecified atom stereocenters. The molecule has 0 saturated carbocycles. The van der Waals surface area contributed by atoms with Crippen LogP contribution >= 0.6 is 0 Å². The number of hydrogen-bond acceptors (Lipinski definition) is 6. The molecule has 2 fully saturated rings. The lowest BCUT2D eigenvalue weighted by molar-refractivity contribution is -0.140. The highest BCUT2D eigenvalue weighted by molar-refractivity contribution is 5.96. The normalized spacial score (nSPS) is 18.4. The van der Waals surface area contributed by atoms with Gasteiger partial charge in [0.05, 0.1) is 25.5 Å². The Hall–Kier alpha value is -2.35. The van der Waals surface area contributed by atoms with E-state index in [4.69, 9.17) is 4.42 Å². The predicted octanol–water partition coefficient (Wildman–Crippen LogP) is 0.765. The number of carbonyl (C=O) groups is 3. The van der Waals surface area contributed by atoms with Gasteiger partial charge in [0.25, 0.3) is 5.91 Å². The Kier molecular flexibility index (Phi) is 6.49. The SMILES string of the molecule is COC(=O)Cc1occc1C(=O)N1CCCN(CC(=O)N2CCCC2)CC1. The monoisotopic (exact) mass is 377 g/mol. The quantitative estimate of drug-likeness (QED) is 0.705. The molecule has 3 rings (SSSR count). The number of carbonyl (C=O) groups excluding carboxylic acids is 3. The fourth-order valence-corrected chi connectivity index (χ4v) is 3.63. The maximum atomic E-state index is 12.9. The topological polar surface area (TPSA) is 83.3 Å². The molecule has 0 N–H and O–H groups in total. The molecule has 0 spiro atoms. The molecule has 1 aromatic heterocycles. The maximum Gasteiger partial charge on any atom is 0.313 e. The Morgan fingerprint density at radius 3 is 2.48 bits per heavy atom. The van der Waals surface area contributed by atoms with Gasteiger partial charge in [-0.25, -0.2) is 0 Å². The van der Waals surface area contributed by atoms with E-state index in [1.807, 2.05) is 4.90 Å². The fraction of sp³-hybridized carbons (Fsp3) is 0.632. The van der Waals surface area contributed by atoms with Crippen LogP contribution in [0.25, 0.3) is 0 Å². The minimum atomic E-state index is -0.443. The van der Waals surface area contributed by atoms with Gasteiger partial charge in [0, 0.05) is 39.3 Å². The summed E-state index contributed by atoms with van der Waals surface area (Å²) in [5, 5.41) is 0. The van der Waals surface area contributed by atoms with Gasteiger partial charge >= 0.3 is 5.97 Å². The Balaban J connectivity index is 1.56. The second-order valence-corrected chi connectivity index (χ2v) is 7.02. The van der Waals surface area contributed by atoms with Gasteiger partial charge in [0.15, 0.2) is 0 Å². The molecule has 2 saturated heterocycles. The zero-order valence-electron chi connectivity index (χ0n) is 15.8. The van der Waals surface area contributed by atoms with Gasteiger partial charge < -0.3 is 19.0 Å². The van der Waals surface area contributed by atoms with E-state index in [-0.39, 0.29) is 18.2 Å². The second kappa shape index (κ2) is 9.03. The van der Waals surface area contributed by atoms with Crippen molar-refractivity contribution in [1.29, 1.82) is 0 Å². The van der Waals surface area contributed by atoms with Crippen molar-refractivity contribution in [3.8, 4) is 0 Å². The Morgan fingerprint density at radius 1 is 1.00 bits per heavy atom. The molecule has 3 heterocycles. The minimum Gasteiger partial charge on any atom is -0.469 e. The van der Waals surface area contributed by atoms with Crippen LogP contribution in [0.15, 0.2) is 16.7 Å². The van der Waals surface area contributed by atoms with Crippen molar-refractivity contribution >= 4 is 17.8 Å². The van der Waals surface area contributed by atoms with E-state index in [9.17, 15) is 14.4 Å². The van der Waals surface area contributed by atoms with Gasteiger partial charge in [-0.05, 0) is 25.3 Å². The number of methoxy groups -OCH3 is 1. The Morgan fingerprint density at radius 2 is 1.74 bits per heavy atom. The van der Waals surface area contributed by atoms with Crippen LogP contribution in [0, 0.1) is 0 Å². The highest BCUT2D eigenvalue weighted by Gasteiger charge is 2.26. The van der Waals surface area contributed by atoms with Crippen molar-refractivity contribution in [1.82, 2.24) is 14.7 Å². The van der Waals surface area contributed by atoms with Crippen molar-refractivity contribution in [2.75, 3.05) is 52.9 Å². The van der Waals surface area contributed by atoms with Crippen molar-refractivity contribution in [3.63, 3.8) is 0 Å². The summed E-state index contributed by atoms with van der Waals surface area (Å²) in [5.41, 5.74) is 0.405. The molecule has 1 aromatic rings. The molecule has 0 atom stereocenters. The third-order valence-electron chi connectivity index (χ3n) is 5.20. The van der Waals surface area contributed by atoms with E-state index in [0.29, 0.717) is 37.5 Å². The summed E-state index contributed by atoms with van der Waals surface area (Å²) >= 11 is 0. The first-order valence-electron chi connectivity index (χ1n) is 9.51. The zero-order chi connectivity index (χ0) is 19.2. The Bertz CT molecular complexity index is 681. The van der Waals surface area contributed by atoms with E-state index in [1.165, 1.54) is 13.4 Å². The molecule has 0 aromatic carbocycles. The summed E-state index contributed by atoms with van der Waals surface area (Å²) in [6.45, 7) is 4.77. The van der Waals surface area contributed by atoms with E-state index in [2.05, 4.69) is 9.64 Å². The summed E-state index contributed by atoms with van der Waals surface area (Å²) in [7, 11) is 1.31. The molecular formula is C19H27N3O5. The molecule has 148 valence electrons. The van der Waals surface area contributed by atoms with Crippen molar-refractivity contribution in [2.24, 2.45) is 0 Å². The molecule has 2 aliphatic rings. The number of nitrogens with zero attached hydrogens (tertiary/aromatic N) is 3. The van der Waals surface area contributed by atoms with E-state index in [0.717, 1.165) is 38.9 Å². The van der Waals surface area contributed by atoms with Crippen LogP contribution in [0.1, 0.15) is 35.4 Å². The third-order valence-corrected chi connectivity index (χ3v) is 5.20. The van der Waals surface area contributed by atoms with Crippen LogP contribution in [0.3, 0.4) is 0 Å². The largest absolute Gasteiger partial charge is 0.469 e. The van der Waals surface area contributed by atoms with Gasteiger partial charge in [0.2, 0.25) is 5.91 Å². The smallest absolute Gasteiger partial charge is 0.313 e. The third kappa shape index (κ3) is 4.88. The first-order valence-corrected chi connectivity index (χ1v) is 9.51. The lowest BCUT2D eigenvalue weighted by Crippen LogP contribution is -2.41. The first-order chi connectivity index (χ1) is 13.1. The summed E-state index contributed by atoms with van der Waals surface area (Å²) in [6.07, 6.45) is 4.35. The van der Waals surface area contributed by atoms with E-state index < -0.39 is 5.97 Å².